The highest BCUT2D eigenvalue weighted by atomic mass is 19.3. The molecular formula is C17H28F4. The van der Waals surface area contributed by atoms with E-state index in [1.54, 1.807) is 0 Å². The molecule has 2 aliphatic carbocycles. The summed E-state index contributed by atoms with van der Waals surface area (Å²) in [6.45, 7) is 5.55. The molecule has 2 rings (SSSR count). The van der Waals surface area contributed by atoms with Gasteiger partial charge in [0.1, 0.15) is 0 Å². The minimum Gasteiger partial charge on any atom is -0.207 e. The van der Waals surface area contributed by atoms with Crippen LogP contribution in [0.3, 0.4) is 0 Å². The van der Waals surface area contributed by atoms with E-state index in [0.717, 1.165) is 6.42 Å². The third-order valence-electron chi connectivity index (χ3n) is 5.51. The normalized spacial score (nSPS) is 36.4. The van der Waals surface area contributed by atoms with Crippen LogP contribution < -0.4 is 0 Å². The van der Waals surface area contributed by atoms with E-state index in [2.05, 4.69) is 0 Å². The quantitative estimate of drug-likeness (QED) is 0.525. The van der Waals surface area contributed by atoms with Gasteiger partial charge in [0.25, 0.3) is 11.8 Å². The first-order valence-corrected chi connectivity index (χ1v) is 8.28. The molecule has 2 saturated carbocycles. The minimum atomic E-state index is -2.72. The van der Waals surface area contributed by atoms with Crippen LogP contribution in [0, 0.1) is 23.2 Å². The Bertz CT molecular complexity index is 356. The van der Waals surface area contributed by atoms with Crippen LogP contribution in [0.15, 0.2) is 0 Å². The highest BCUT2D eigenvalue weighted by Gasteiger charge is 2.51. The summed E-state index contributed by atoms with van der Waals surface area (Å²) >= 11 is 0. The van der Waals surface area contributed by atoms with Crippen LogP contribution in [0.25, 0.3) is 0 Å². The van der Waals surface area contributed by atoms with E-state index < -0.39 is 29.1 Å². The van der Waals surface area contributed by atoms with Crippen molar-refractivity contribution >= 4 is 0 Å². The van der Waals surface area contributed by atoms with Gasteiger partial charge in [0.2, 0.25) is 0 Å². The lowest BCUT2D eigenvalue weighted by Gasteiger charge is -2.44. The van der Waals surface area contributed by atoms with E-state index in [4.69, 9.17) is 0 Å². The van der Waals surface area contributed by atoms with Crippen LogP contribution in [0.4, 0.5) is 17.6 Å². The highest BCUT2D eigenvalue weighted by Crippen LogP contribution is 2.52. The molecule has 4 heteroatoms. The molecule has 2 aliphatic rings. The molecule has 0 nitrogen and oxygen atoms in total. The van der Waals surface area contributed by atoms with Crippen LogP contribution in [-0.2, 0) is 0 Å². The van der Waals surface area contributed by atoms with Crippen molar-refractivity contribution in [3.05, 3.63) is 0 Å². The van der Waals surface area contributed by atoms with Crippen LogP contribution >= 0.6 is 0 Å². The summed E-state index contributed by atoms with van der Waals surface area (Å²) in [6.07, 6.45) is 3.01. The number of halogens is 4. The first-order chi connectivity index (χ1) is 9.52. The number of alkyl halides is 4. The molecule has 0 amide bonds. The summed E-state index contributed by atoms with van der Waals surface area (Å²) in [4.78, 5) is 0. The standard InChI is InChI=1S/C17H28F4/c1-15(2,3)14-8-7-12(11-17(14,20)21)10-13-6-4-5-9-16(13,18)19/h12-14H,4-11H2,1-3H3/t12?,13-,14+/m1/s1. The molecule has 0 aromatic heterocycles. The Kier molecular flexibility index (Phi) is 4.66. The third-order valence-corrected chi connectivity index (χ3v) is 5.51. The second-order valence-electron chi connectivity index (χ2n) is 8.27. The van der Waals surface area contributed by atoms with Gasteiger partial charge in [-0.2, -0.15) is 0 Å². The largest absolute Gasteiger partial charge is 0.251 e. The highest BCUT2D eigenvalue weighted by molar-refractivity contribution is 4.94. The number of rotatable bonds is 2. The zero-order valence-electron chi connectivity index (χ0n) is 13.4. The molecule has 21 heavy (non-hydrogen) atoms. The summed E-state index contributed by atoms with van der Waals surface area (Å²) in [5.41, 5.74) is -0.427. The zero-order valence-corrected chi connectivity index (χ0v) is 13.4. The molecule has 0 aromatic carbocycles. The van der Waals surface area contributed by atoms with Crippen LogP contribution in [0.5, 0.6) is 0 Å². The molecular weight excluding hydrogens is 280 g/mol. The maximum Gasteiger partial charge on any atom is 0.251 e. The van der Waals surface area contributed by atoms with Gasteiger partial charge in [0.15, 0.2) is 0 Å². The SMILES string of the molecule is CC(C)(C)[C@@H]1CCC(C[C@H]2CCCCC2(F)F)CC1(F)F. The van der Waals surface area contributed by atoms with Gasteiger partial charge in [-0.15, -0.1) is 0 Å². The van der Waals surface area contributed by atoms with Gasteiger partial charge >= 0.3 is 0 Å². The van der Waals surface area contributed by atoms with Crippen molar-refractivity contribution in [1.82, 2.24) is 0 Å². The fourth-order valence-electron chi connectivity index (χ4n) is 4.37. The summed E-state index contributed by atoms with van der Waals surface area (Å²) in [6, 6.07) is 0. The fourth-order valence-corrected chi connectivity index (χ4v) is 4.37. The summed E-state index contributed by atoms with van der Waals surface area (Å²) in [7, 11) is 0. The molecule has 0 spiro atoms. The first-order valence-electron chi connectivity index (χ1n) is 8.28. The molecule has 0 aromatic rings. The minimum absolute atomic E-state index is 0.0641. The van der Waals surface area contributed by atoms with Crippen molar-refractivity contribution in [1.29, 1.82) is 0 Å². The summed E-state index contributed by atoms with van der Waals surface area (Å²) in [5, 5.41) is 0. The van der Waals surface area contributed by atoms with Crippen molar-refractivity contribution < 1.29 is 17.6 Å². The van der Waals surface area contributed by atoms with Gasteiger partial charge in [0, 0.05) is 24.7 Å². The van der Waals surface area contributed by atoms with Gasteiger partial charge < -0.3 is 0 Å². The van der Waals surface area contributed by atoms with Crippen molar-refractivity contribution in [3.63, 3.8) is 0 Å². The average molecular weight is 308 g/mol. The van der Waals surface area contributed by atoms with E-state index in [1.165, 1.54) is 0 Å². The predicted octanol–water partition coefficient (Wildman–Crippen LogP) is 6.30. The van der Waals surface area contributed by atoms with Crippen LogP contribution in [0.2, 0.25) is 0 Å². The van der Waals surface area contributed by atoms with E-state index >= 15 is 0 Å². The Morgan fingerprint density at radius 1 is 0.905 bits per heavy atom. The second-order valence-corrected chi connectivity index (χ2v) is 8.27. The van der Waals surface area contributed by atoms with Crippen LogP contribution in [0.1, 0.15) is 72.1 Å². The van der Waals surface area contributed by atoms with Gasteiger partial charge in [-0.1, -0.05) is 27.2 Å². The third kappa shape index (κ3) is 3.92. The summed E-state index contributed by atoms with van der Waals surface area (Å²) < 4.78 is 56.5. The molecule has 3 atom stereocenters. The Morgan fingerprint density at radius 3 is 2.10 bits per heavy atom. The lowest BCUT2D eigenvalue weighted by Crippen LogP contribution is -2.44. The second kappa shape index (κ2) is 5.73. The number of hydrogen-bond acceptors (Lipinski definition) is 0. The lowest BCUT2D eigenvalue weighted by atomic mass is 9.65. The maximum absolute atomic E-state index is 14.4. The van der Waals surface area contributed by atoms with Crippen molar-refractivity contribution in [3.8, 4) is 0 Å². The Balaban J connectivity index is 1.98. The van der Waals surface area contributed by atoms with Crippen molar-refractivity contribution in [2.45, 2.75) is 84.0 Å². The van der Waals surface area contributed by atoms with Gasteiger partial charge in [-0.3, -0.25) is 0 Å². The van der Waals surface area contributed by atoms with E-state index in [-0.39, 0.29) is 25.2 Å². The van der Waals surface area contributed by atoms with Gasteiger partial charge in [0.05, 0.1) is 0 Å². The molecule has 0 heterocycles. The molecule has 0 aliphatic heterocycles. The molecule has 124 valence electrons. The van der Waals surface area contributed by atoms with E-state index in [0.29, 0.717) is 25.7 Å². The maximum atomic E-state index is 14.4. The smallest absolute Gasteiger partial charge is 0.207 e. The van der Waals surface area contributed by atoms with Crippen LogP contribution in [-0.4, -0.2) is 11.8 Å². The average Bonchev–Trinajstić information content (AvgIpc) is 2.28. The monoisotopic (exact) mass is 308 g/mol. The van der Waals surface area contributed by atoms with Gasteiger partial charge in [-0.05, 0) is 43.4 Å². The number of hydrogen-bond donors (Lipinski definition) is 0. The lowest BCUT2D eigenvalue weighted by molar-refractivity contribution is -0.148. The van der Waals surface area contributed by atoms with Crippen molar-refractivity contribution in [2.24, 2.45) is 23.2 Å². The topological polar surface area (TPSA) is 0 Å². The Morgan fingerprint density at radius 2 is 1.57 bits per heavy atom. The molecule has 0 saturated heterocycles. The van der Waals surface area contributed by atoms with E-state index in [9.17, 15) is 17.6 Å². The van der Waals surface area contributed by atoms with Crippen molar-refractivity contribution in [2.75, 3.05) is 0 Å². The predicted molar refractivity (Wildman–Crippen MR) is 76.8 cm³/mol. The van der Waals surface area contributed by atoms with E-state index in [1.807, 2.05) is 20.8 Å². The fraction of sp³-hybridized carbons (Fsp3) is 1.00. The van der Waals surface area contributed by atoms with Gasteiger partial charge in [-0.25, -0.2) is 17.6 Å². The molecule has 0 N–H and O–H groups in total. The molecule has 0 bridgehead atoms. The Hall–Kier alpha value is -0.280. The Labute approximate surface area is 125 Å². The molecule has 1 unspecified atom stereocenters. The first kappa shape index (κ1) is 17.1. The zero-order chi connectivity index (χ0) is 15.9. The summed E-state index contributed by atoms with van der Waals surface area (Å²) in [5.74, 6) is -6.92. The molecule has 0 radical (unpaired) electrons. The molecule has 2 fully saturated rings.